The van der Waals surface area contributed by atoms with Crippen molar-refractivity contribution in [2.24, 2.45) is 0 Å². The molecule has 3 amide bonds. The molecule has 0 spiro atoms. The van der Waals surface area contributed by atoms with Crippen LogP contribution in [-0.4, -0.2) is 35.7 Å². The number of imide groups is 1. The highest BCUT2D eigenvalue weighted by Gasteiger charge is 2.27. The van der Waals surface area contributed by atoms with E-state index >= 15 is 0 Å². The second kappa shape index (κ2) is 8.57. The highest BCUT2D eigenvalue weighted by Crippen LogP contribution is 2.18. The average molecular weight is 391 g/mol. The number of nitrogens with zero attached hydrogens (tertiary/aromatic N) is 1. The van der Waals surface area contributed by atoms with Gasteiger partial charge in [-0.2, -0.15) is 0 Å². The highest BCUT2D eigenvalue weighted by atomic mass is 16.2. The monoisotopic (exact) mass is 391 g/mol. The smallest absolute Gasteiger partial charge is 0.258 e. The molecule has 2 aliphatic heterocycles. The molecule has 6 nitrogen and oxygen atoms in total. The number of carbonyl (C=O) groups excluding carboxylic acids is 3. The SMILES string of the molecule is O=C(NCc1cccc(CN2CCCCCC2)c1)c1ccc2c(c1)C(=O)NC2=O. The molecule has 2 aromatic carbocycles. The molecule has 6 heteroatoms. The molecule has 0 bridgehead atoms. The Morgan fingerprint density at radius 2 is 1.62 bits per heavy atom. The lowest BCUT2D eigenvalue weighted by molar-refractivity contribution is 0.0878. The molecule has 29 heavy (non-hydrogen) atoms. The van der Waals surface area contributed by atoms with Crippen molar-refractivity contribution < 1.29 is 14.4 Å². The van der Waals surface area contributed by atoms with Crippen molar-refractivity contribution in [1.29, 1.82) is 0 Å². The fourth-order valence-electron chi connectivity index (χ4n) is 3.98. The number of likely N-dealkylation sites (tertiary alicyclic amines) is 1. The first-order valence-corrected chi connectivity index (χ1v) is 10.2. The van der Waals surface area contributed by atoms with Gasteiger partial charge in [0.25, 0.3) is 17.7 Å². The first-order valence-electron chi connectivity index (χ1n) is 10.2. The lowest BCUT2D eigenvalue weighted by atomic mass is 10.0. The van der Waals surface area contributed by atoms with Crippen LogP contribution in [0.1, 0.15) is 67.9 Å². The number of carbonyl (C=O) groups is 3. The number of benzene rings is 2. The topological polar surface area (TPSA) is 78.5 Å². The molecular formula is C23H25N3O3. The normalized spacial score (nSPS) is 16.8. The van der Waals surface area contributed by atoms with Crippen LogP contribution in [0.25, 0.3) is 0 Å². The largest absolute Gasteiger partial charge is 0.348 e. The van der Waals surface area contributed by atoms with E-state index in [0.717, 1.165) is 25.2 Å². The molecule has 0 radical (unpaired) electrons. The lowest BCUT2D eigenvalue weighted by Crippen LogP contribution is -2.25. The van der Waals surface area contributed by atoms with Gasteiger partial charge >= 0.3 is 0 Å². The van der Waals surface area contributed by atoms with Gasteiger partial charge in [-0.1, -0.05) is 37.1 Å². The summed E-state index contributed by atoms with van der Waals surface area (Å²) in [6.07, 6.45) is 5.17. The number of fused-ring (bicyclic) bond motifs is 1. The zero-order valence-electron chi connectivity index (χ0n) is 16.4. The third-order valence-corrected chi connectivity index (χ3v) is 5.55. The summed E-state index contributed by atoms with van der Waals surface area (Å²) in [7, 11) is 0. The molecule has 2 aromatic rings. The highest BCUT2D eigenvalue weighted by molar-refractivity contribution is 6.22. The van der Waals surface area contributed by atoms with Crippen molar-refractivity contribution >= 4 is 17.7 Å². The molecule has 2 heterocycles. The second-order valence-electron chi connectivity index (χ2n) is 7.74. The minimum absolute atomic E-state index is 0.252. The van der Waals surface area contributed by atoms with Gasteiger partial charge in [-0.05, 0) is 55.3 Å². The van der Waals surface area contributed by atoms with E-state index < -0.39 is 11.8 Å². The van der Waals surface area contributed by atoms with E-state index in [1.807, 2.05) is 12.1 Å². The maximum atomic E-state index is 12.5. The predicted molar refractivity (Wildman–Crippen MR) is 110 cm³/mol. The van der Waals surface area contributed by atoms with E-state index in [2.05, 4.69) is 27.7 Å². The van der Waals surface area contributed by atoms with Crippen LogP contribution in [0.15, 0.2) is 42.5 Å². The van der Waals surface area contributed by atoms with Crippen molar-refractivity contribution in [3.63, 3.8) is 0 Å². The third kappa shape index (κ3) is 4.54. The second-order valence-corrected chi connectivity index (χ2v) is 7.74. The van der Waals surface area contributed by atoms with Crippen molar-refractivity contribution in [2.45, 2.75) is 38.8 Å². The van der Waals surface area contributed by atoms with Crippen molar-refractivity contribution in [3.8, 4) is 0 Å². The summed E-state index contributed by atoms with van der Waals surface area (Å²) in [5.74, 6) is -1.14. The molecular weight excluding hydrogens is 366 g/mol. The van der Waals surface area contributed by atoms with Crippen LogP contribution in [0.5, 0.6) is 0 Å². The Hall–Kier alpha value is -2.99. The van der Waals surface area contributed by atoms with Crippen molar-refractivity contribution in [2.75, 3.05) is 13.1 Å². The number of hydrogen-bond acceptors (Lipinski definition) is 4. The van der Waals surface area contributed by atoms with E-state index in [1.165, 1.54) is 43.4 Å². The van der Waals surface area contributed by atoms with Gasteiger partial charge < -0.3 is 5.32 Å². The van der Waals surface area contributed by atoms with Crippen LogP contribution in [0.4, 0.5) is 0 Å². The van der Waals surface area contributed by atoms with E-state index in [1.54, 1.807) is 6.07 Å². The summed E-state index contributed by atoms with van der Waals surface area (Å²) in [5.41, 5.74) is 3.23. The third-order valence-electron chi connectivity index (χ3n) is 5.55. The first-order chi connectivity index (χ1) is 14.1. The van der Waals surface area contributed by atoms with Crippen LogP contribution in [0.3, 0.4) is 0 Å². The molecule has 0 aliphatic carbocycles. The van der Waals surface area contributed by atoms with E-state index in [9.17, 15) is 14.4 Å². The zero-order chi connectivity index (χ0) is 20.2. The fraction of sp³-hybridized carbons (Fsp3) is 0.348. The van der Waals surface area contributed by atoms with Gasteiger partial charge in [-0.15, -0.1) is 0 Å². The Morgan fingerprint density at radius 1 is 0.897 bits per heavy atom. The zero-order valence-corrected chi connectivity index (χ0v) is 16.4. The van der Waals surface area contributed by atoms with E-state index in [-0.39, 0.29) is 11.5 Å². The lowest BCUT2D eigenvalue weighted by Gasteiger charge is -2.20. The van der Waals surface area contributed by atoms with Crippen molar-refractivity contribution in [3.05, 3.63) is 70.3 Å². The minimum Gasteiger partial charge on any atom is -0.348 e. The Labute approximate surface area is 170 Å². The van der Waals surface area contributed by atoms with Gasteiger partial charge in [-0.25, -0.2) is 0 Å². The first kappa shape index (κ1) is 19.3. The molecule has 0 unspecified atom stereocenters. The number of amides is 3. The molecule has 4 rings (SSSR count). The Balaban J connectivity index is 1.38. The molecule has 0 aromatic heterocycles. The van der Waals surface area contributed by atoms with Crippen LogP contribution in [-0.2, 0) is 13.1 Å². The Kier molecular flexibility index (Phi) is 5.71. The average Bonchev–Trinajstić information content (AvgIpc) is 2.89. The molecule has 2 N–H and O–H groups in total. The summed E-state index contributed by atoms with van der Waals surface area (Å²) in [6.45, 7) is 3.65. The fourth-order valence-corrected chi connectivity index (χ4v) is 3.98. The molecule has 1 saturated heterocycles. The quantitative estimate of drug-likeness (QED) is 0.769. The number of nitrogens with one attached hydrogen (secondary N) is 2. The van der Waals surface area contributed by atoms with Gasteiger partial charge in [-0.3, -0.25) is 24.6 Å². The molecule has 150 valence electrons. The van der Waals surface area contributed by atoms with E-state index in [4.69, 9.17) is 0 Å². The van der Waals surface area contributed by atoms with Gasteiger partial charge in [0, 0.05) is 18.7 Å². The maximum absolute atomic E-state index is 12.5. The van der Waals surface area contributed by atoms with Gasteiger partial charge in [0.05, 0.1) is 11.1 Å². The van der Waals surface area contributed by atoms with Gasteiger partial charge in [0.2, 0.25) is 0 Å². The number of hydrogen-bond donors (Lipinski definition) is 2. The molecule has 0 saturated carbocycles. The summed E-state index contributed by atoms with van der Waals surface area (Å²) in [5, 5.41) is 5.14. The summed E-state index contributed by atoms with van der Waals surface area (Å²) in [6, 6.07) is 12.9. The Bertz CT molecular complexity index is 946. The van der Waals surface area contributed by atoms with Crippen LogP contribution < -0.4 is 10.6 Å². The summed E-state index contributed by atoms with van der Waals surface area (Å²) >= 11 is 0. The van der Waals surface area contributed by atoms with Crippen LogP contribution in [0, 0.1) is 0 Å². The van der Waals surface area contributed by atoms with Gasteiger partial charge in [0.1, 0.15) is 0 Å². The van der Waals surface area contributed by atoms with E-state index in [0.29, 0.717) is 17.7 Å². The molecule has 0 atom stereocenters. The van der Waals surface area contributed by atoms with Crippen molar-refractivity contribution in [1.82, 2.24) is 15.5 Å². The van der Waals surface area contributed by atoms with Gasteiger partial charge in [0.15, 0.2) is 0 Å². The summed E-state index contributed by atoms with van der Waals surface area (Å²) in [4.78, 5) is 38.4. The number of rotatable bonds is 5. The summed E-state index contributed by atoms with van der Waals surface area (Å²) < 4.78 is 0. The van der Waals surface area contributed by atoms with Crippen LogP contribution >= 0.6 is 0 Å². The standard InChI is InChI=1S/C23H25N3O3/c27-21(18-8-9-19-20(13-18)23(29)25-22(19)28)24-14-16-6-5-7-17(12-16)15-26-10-3-1-2-4-11-26/h5-9,12-13H,1-4,10-11,14-15H2,(H,24,27)(H,25,28,29). The Morgan fingerprint density at radius 3 is 2.41 bits per heavy atom. The predicted octanol–water partition coefficient (Wildman–Crippen LogP) is 2.88. The molecule has 2 aliphatic rings. The minimum atomic E-state index is -0.458. The maximum Gasteiger partial charge on any atom is 0.258 e. The molecule has 1 fully saturated rings. The van der Waals surface area contributed by atoms with Crippen LogP contribution in [0.2, 0.25) is 0 Å².